The minimum Gasteiger partial charge on any atom is -0.481 e. The van der Waals surface area contributed by atoms with Crippen molar-refractivity contribution in [2.75, 3.05) is 40.0 Å². The molecule has 2 aliphatic rings. The molecule has 0 spiro atoms. The minimum absolute atomic E-state index is 0.119. The Morgan fingerprint density at radius 3 is 2.57 bits per heavy atom. The Balaban J connectivity index is 1.89. The van der Waals surface area contributed by atoms with Gasteiger partial charge in [-0.05, 0) is 19.8 Å². The van der Waals surface area contributed by atoms with Crippen LogP contribution in [0.4, 0.5) is 4.79 Å². The third-order valence-electron chi connectivity index (χ3n) is 4.28. The molecule has 2 fully saturated rings. The lowest BCUT2D eigenvalue weighted by molar-refractivity contribution is -0.142. The number of carbonyl (C=O) groups excluding carboxylic acids is 1. The lowest BCUT2D eigenvalue weighted by Gasteiger charge is -2.36. The summed E-state index contributed by atoms with van der Waals surface area (Å²) in [5.74, 6) is -1.55. The Morgan fingerprint density at radius 1 is 1.33 bits per heavy atom. The third-order valence-corrected chi connectivity index (χ3v) is 4.28. The number of carboxylic acids is 1. The van der Waals surface area contributed by atoms with Gasteiger partial charge in [0.05, 0.1) is 25.4 Å². The summed E-state index contributed by atoms with van der Waals surface area (Å²) in [6.45, 7) is 4.42. The summed E-state index contributed by atoms with van der Waals surface area (Å²) in [6.07, 6.45) is 1.89. The van der Waals surface area contributed by atoms with Crippen molar-refractivity contribution in [1.82, 2.24) is 9.80 Å². The molecule has 2 saturated heterocycles. The first-order chi connectivity index (χ1) is 10.0. The molecule has 7 heteroatoms. The predicted octanol–water partition coefficient (Wildman–Crippen LogP) is 0.639. The van der Waals surface area contributed by atoms with E-state index in [2.05, 4.69) is 0 Å². The smallest absolute Gasteiger partial charge is 0.320 e. The minimum atomic E-state index is -0.910. The van der Waals surface area contributed by atoms with Gasteiger partial charge in [-0.25, -0.2) is 4.79 Å². The Kier molecular flexibility index (Phi) is 5.41. The molecule has 2 unspecified atom stereocenters. The molecule has 2 amide bonds. The highest BCUT2D eigenvalue weighted by molar-refractivity contribution is 5.77. The number of aliphatic carboxylic acids is 1. The zero-order chi connectivity index (χ0) is 15.4. The molecule has 1 N–H and O–H groups in total. The van der Waals surface area contributed by atoms with Gasteiger partial charge in [0.15, 0.2) is 0 Å². The van der Waals surface area contributed by atoms with Crippen LogP contribution in [0.2, 0.25) is 0 Å². The molecular formula is C14H24N2O5. The Morgan fingerprint density at radius 2 is 2.00 bits per heavy atom. The van der Waals surface area contributed by atoms with E-state index in [0.717, 1.165) is 12.8 Å². The van der Waals surface area contributed by atoms with Crippen LogP contribution in [0.25, 0.3) is 0 Å². The van der Waals surface area contributed by atoms with E-state index in [1.165, 1.54) is 4.90 Å². The zero-order valence-electron chi connectivity index (χ0n) is 12.7. The molecule has 0 aromatic rings. The van der Waals surface area contributed by atoms with Crippen molar-refractivity contribution in [1.29, 1.82) is 0 Å². The molecule has 7 nitrogen and oxygen atoms in total. The largest absolute Gasteiger partial charge is 0.481 e. The second kappa shape index (κ2) is 7.09. The highest BCUT2D eigenvalue weighted by Gasteiger charge is 2.40. The lowest BCUT2D eigenvalue weighted by atomic mass is 10.0. The van der Waals surface area contributed by atoms with Gasteiger partial charge >= 0.3 is 12.0 Å². The second-order valence-corrected chi connectivity index (χ2v) is 5.58. The SMILES string of the molecule is CCOC1CCN(C(=O)N(C)C2COCC2C(=O)O)CC1. The fourth-order valence-electron chi connectivity index (χ4n) is 2.97. The topological polar surface area (TPSA) is 79.3 Å². The number of likely N-dealkylation sites (N-methyl/N-ethyl adjacent to an activating group) is 1. The maximum absolute atomic E-state index is 12.5. The molecule has 0 aliphatic carbocycles. The maximum atomic E-state index is 12.5. The first-order valence-electron chi connectivity index (χ1n) is 7.48. The van der Waals surface area contributed by atoms with Gasteiger partial charge in [-0.3, -0.25) is 4.79 Å². The number of carboxylic acid groups (broad SMARTS) is 1. The van der Waals surface area contributed by atoms with E-state index < -0.39 is 11.9 Å². The number of ether oxygens (including phenoxy) is 2. The number of carbonyl (C=O) groups is 2. The fourth-order valence-corrected chi connectivity index (χ4v) is 2.97. The Bertz CT molecular complexity index is 382. The van der Waals surface area contributed by atoms with Crippen LogP contribution in [0.3, 0.4) is 0 Å². The van der Waals surface area contributed by atoms with Crippen molar-refractivity contribution < 1.29 is 24.2 Å². The molecule has 0 saturated carbocycles. The summed E-state index contributed by atoms with van der Waals surface area (Å²) in [6, 6.07) is -0.508. The molecule has 2 aliphatic heterocycles. The predicted molar refractivity (Wildman–Crippen MR) is 75.1 cm³/mol. The number of hydrogen-bond acceptors (Lipinski definition) is 4. The standard InChI is InChI=1S/C14H24N2O5/c1-3-21-10-4-6-16(7-5-10)14(19)15(2)12-9-20-8-11(12)13(17)18/h10-12H,3-9H2,1-2H3,(H,17,18). The average Bonchev–Trinajstić information content (AvgIpc) is 2.96. The van der Waals surface area contributed by atoms with E-state index in [-0.39, 0.29) is 31.4 Å². The highest BCUT2D eigenvalue weighted by Crippen LogP contribution is 2.22. The van der Waals surface area contributed by atoms with E-state index in [0.29, 0.717) is 19.7 Å². The van der Waals surface area contributed by atoms with Crippen LogP contribution in [0.1, 0.15) is 19.8 Å². The number of nitrogens with zero attached hydrogens (tertiary/aromatic N) is 2. The van der Waals surface area contributed by atoms with Gasteiger partial charge in [0, 0.05) is 26.7 Å². The second-order valence-electron chi connectivity index (χ2n) is 5.58. The van der Waals surface area contributed by atoms with Gasteiger partial charge in [-0.15, -0.1) is 0 Å². The highest BCUT2D eigenvalue weighted by atomic mass is 16.5. The Labute approximate surface area is 124 Å². The molecule has 2 heterocycles. The van der Waals surface area contributed by atoms with Gasteiger partial charge in [0.1, 0.15) is 5.92 Å². The summed E-state index contributed by atoms with van der Waals surface area (Å²) in [5, 5.41) is 9.17. The zero-order valence-corrected chi connectivity index (χ0v) is 12.7. The average molecular weight is 300 g/mol. The van der Waals surface area contributed by atoms with Crippen molar-refractivity contribution >= 4 is 12.0 Å². The maximum Gasteiger partial charge on any atom is 0.320 e. The molecule has 0 aromatic heterocycles. The number of piperidine rings is 1. The van der Waals surface area contributed by atoms with Crippen molar-refractivity contribution in [2.45, 2.75) is 31.9 Å². The van der Waals surface area contributed by atoms with Crippen molar-refractivity contribution in [2.24, 2.45) is 5.92 Å². The summed E-state index contributed by atoms with van der Waals surface area (Å²) in [5.41, 5.74) is 0. The van der Waals surface area contributed by atoms with E-state index in [4.69, 9.17) is 9.47 Å². The molecular weight excluding hydrogens is 276 g/mol. The molecule has 0 radical (unpaired) electrons. The van der Waals surface area contributed by atoms with Crippen LogP contribution in [-0.4, -0.2) is 79.0 Å². The van der Waals surface area contributed by atoms with Gasteiger partial charge in [0.2, 0.25) is 0 Å². The van der Waals surface area contributed by atoms with Crippen LogP contribution in [-0.2, 0) is 14.3 Å². The molecule has 21 heavy (non-hydrogen) atoms. The number of rotatable bonds is 4. The quantitative estimate of drug-likeness (QED) is 0.824. The van der Waals surface area contributed by atoms with E-state index in [1.807, 2.05) is 6.92 Å². The summed E-state index contributed by atoms with van der Waals surface area (Å²) in [4.78, 5) is 27.0. The van der Waals surface area contributed by atoms with Crippen molar-refractivity contribution in [3.63, 3.8) is 0 Å². The number of likely N-dealkylation sites (tertiary alicyclic amines) is 1. The van der Waals surface area contributed by atoms with Crippen LogP contribution in [0.5, 0.6) is 0 Å². The van der Waals surface area contributed by atoms with Crippen LogP contribution < -0.4 is 0 Å². The van der Waals surface area contributed by atoms with Crippen LogP contribution in [0.15, 0.2) is 0 Å². The molecule has 2 rings (SSSR count). The number of urea groups is 1. The van der Waals surface area contributed by atoms with E-state index >= 15 is 0 Å². The van der Waals surface area contributed by atoms with Gasteiger partial charge in [-0.2, -0.15) is 0 Å². The van der Waals surface area contributed by atoms with Gasteiger partial charge in [0.25, 0.3) is 0 Å². The molecule has 120 valence electrons. The lowest BCUT2D eigenvalue weighted by Crippen LogP contribution is -2.52. The van der Waals surface area contributed by atoms with Crippen molar-refractivity contribution in [3.05, 3.63) is 0 Å². The first-order valence-corrected chi connectivity index (χ1v) is 7.48. The summed E-state index contributed by atoms with van der Waals surface area (Å²) >= 11 is 0. The third kappa shape index (κ3) is 3.65. The molecule has 0 bridgehead atoms. The van der Waals surface area contributed by atoms with E-state index in [1.54, 1.807) is 11.9 Å². The Hall–Kier alpha value is -1.34. The van der Waals surface area contributed by atoms with Crippen LogP contribution >= 0.6 is 0 Å². The monoisotopic (exact) mass is 300 g/mol. The number of hydrogen-bond donors (Lipinski definition) is 1. The van der Waals surface area contributed by atoms with Crippen LogP contribution in [0, 0.1) is 5.92 Å². The molecule has 2 atom stereocenters. The van der Waals surface area contributed by atoms with Gasteiger partial charge < -0.3 is 24.4 Å². The van der Waals surface area contributed by atoms with Crippen molar-refractivity contribution in [3.8, 4) is 0 Å². The first kappa shape index (κ1) is 16.0. The molecule has 0 aromatic carbocycles. The van der Waals surface area contributed by atoms with E-state index in [9.17, 15) is 14.7 Å². The van der Waals surface area contributed by atoms with Gasteiger partial charge in [-0.1, -0.05) is 0 Å². The fraction of sp³-hybridized carbons (Fsp3) is 0.857. The summed E-state index contributed by atoms with van der Waals surface area (Å²) in [7, 11) is 1.66. The summed E-state index contributed by atoms with van der Waals surface area (Å²) < 4.78 is 10.8. The normalized spacial score (nSPS) is 26.9. The number of amides is 2.